The maximum absolute atomic E-state index is 14.4. The summed E-state index contributed by atoms with van der Waals surface area (Å²) in [4.78, 5) is 35.1. The molecule has 0 aromatic carbocycles. The number of nitrogens with one attached hydrogen (secondary N) is 2. The van der Waals surface area contributed by atoms with E-state index in [0.29, 0.717) is 34.9 Å². The van der Waals surface area contributed by atoms with E-state index in [0.717, 1.165) is 0 Å². The molecule has 38 heavy (non-hydrogen) atoms. The van der Waals surface area contributed by atoms with Crippen molar-refractivity contribution < 1.29 is 27.5 Å². The Kier molecular flexibility index (Phi) is 7.09. The van der Waals surface area contributed by atoms with E-state index in [4.69, 9.17) is 4.74 Å². The largest absolute Gasteiger partial charge is 0.481 e. The van der Waals surface area contributed by atoms with Crippen molar-refractivity contribution in [3.63, 3.8) is 0 Å². The Bertz CT molecular complexity index is 1380. The monoisotopic (exact) mass is 547 g/mol. The number of aromatic nitrogens is 4. The Morgan fingerprint density at radius 3 is 2.76 bits per heavy atom. The summed E-state index contributed by atoms with van der Waals surface area (Å²) in [6.07, 6.45) is -3.66. The fraction of sp³-hybridized carbons (Fsp3) is 0.417. The van der Waals surface area contributed by atoms with Gasteiger partial charge in [-0.1, -0.05) is 11.8 Å². The number of carbonyl (C=O) groups excluding carboxylic acids is 2. The second kappa shape index (κ2) is 10.3. The number of nitrogens with zero attached hydrogens (tertiary/aromatic N) is 5. The van der Waals surface area contributed by atoms with Crippen molar-refractivity contribution in [3.05, 3.63) is 36.2 Å². The fourth-order valence-electron chi connectivity index (χ4n) is 4.59. The van der Waals surface area contributed by atoms with Gasteiger partial charge in [-0.15, -0.1) is 5.10 Å². The lowest BCUT2D eigenvalue weighted by atomic mass is 9.76. The van der Waals surface area contributed by atoms with E-state index in [2.05, 4.69) is 30.8 Å². The van der Waals surface area contributed by atoms with Crippen molar-refractivity contribution in [1.29, 1.82) is 0 Å². The van der Waals surface area contributed by atoms with E-state index in [1.807, 2.05) is 4.90 Å². The summed E-state index contributed by atoms with van der Waals surface area (Å²) in [6.45, 7) is 0.616. The first kappa shape index (κ1) is 26.1. The summed E-state index contributed by atoms with van der Waals surface area (Å²) in [5, 5.41) is 14.2. The third kappa shape index (κ3) is 5.10. The van der Waals surface area contributed by atoms with Gasteiger partial charge in [-0.3, -0.25) is 14.6 Å². The van der Waals surface area contributed by atoms with Crippen LogP contribution in [0.25, 0.3) is 11.0 Å². The van der Waals surface area contributed by atoms with Crippen LogP contribution in [0.15, 0.2) is 35.5 Å². The van der Waals surface area contributed by atoms with Crippen molar-refractivity contribution in [2.75, 3.05) is 43.1 Å². The molecule has 14 heteroatoms. The number of amides is 2. The van der Waals surface area contributed by atoms with Crippen LogP contribution in [0.3, 0.4) is 0 Å². The zero-order valence-corrected chi connectivity index (χ0v) is 21.2. The number of hydrogen-bond donors (Lipinski definition) is 2. The van der Waals surface area contributed by atoms with Crippen molar-refractivity contribution in [3.8, 4) is 5.88 Å². The van der Waals surface area contributed by atoms with Gasteiger partial charge < -0.3 is 20.3 Å². The molecule has 2 N–H and O–H groups in total. The minimum Gasteiger partial charge on any atom is -0.481 e. The molecular formula is C24H24F3N7O3S. The number of ether oxygens (including phenoxy) is 1. The number of hydrogen-bond acceptors (Lipinski definition) is 9. The molecule has 2 aliphatic rings. The van der Waals surface area contributed by atoms with Crippen LogP contribution in [0.2, 0.25) is 0 Å². The van der Waals surface area contributed by atoms with Crippen LogP contribution < -0.4 is 15.4 Å². The lowest BCUT2D eigenvalue weighted by Gasteiger charge is -2.41. The highest BCUT2D eigenvalue weighted by atomic mass is 32.2. The molecule has 0 bridgehead atoms. The number of anilines is 2. The molecule has 0 spiro atoms. The summed E-state index contributed by atoms with van der Waals surface area (Å²) in [5.41, 5.74) is -0.506. The van der Waals surface area contributed by atoms with Crippen LogP contribution in [0.1, 0.15) is 18.5 Å². The summed E-state index contributed by atoms with van der Waals surface area (Å²) in [6, 6.07) is 6.37. The summed E-state index contributed by atoms with van der Waals surface area (Å²) in [7, 11) is 1.42. The van der Waals surface area contributed by atoms with E-state index in [9.17, 15) is 22.8 Å². The molecule has 5 heterocycles. The number of methoxy groups -OCH3 is 1. The highest BCUT2D eigenvalue weighted by Crippen LogP contribution is 2.47. The summed E-state index contributed by atoms with van der Waals surface area (Å²) in [5.74, 6) is -0.695. The normalized spacial score (nSPS) is 17.5. The van der Waals surface area contributed by atoms with Gasteiger partial charge in [0.2, 0.25) is 17.7 Å². The lowest BCUT2D eigenvalue weighted by molar-refractivity contribution is -0.230. The van der Waals surface area contributed by atoms with E-state index in [-0.39, 0.29) is 54.7 Å². The Morgan fingerprint density at radius 2 is 2.03 bits per heavy atom. The van der Waals surface area contributed by atoms with Crippen molar-refractivity contribution in [1.82, 2.24) is 25.1 Å². The fourth-order valence-corrected chi connectivity index (χ4v) is 5.30. The Morgan fingerprint density at radius 1 is 1.24 bits per heavy atom. The predicted molar refractivity (Wildman–Crippen MR) is 134 cm³/mol. The molecule has 0 unspecified atom stereocenters. The molecule has 1 saturated heterocycles. The standard InChI is InChI=1S/C24H24F3N7O3S/c1-37-19-3-2-15-20(31-19)16(4-8-28-15)30-22(36)23(24(25,26)27)6-10-34(11-7-23)9-5-14-12-17-21(33-32-14)38-13-18(35)29-17/h2-4,8,12H,5-7,9-11,13H2,1H3,(H,29,35)(H,28,30,36). The zero-order valence-electron chi connectivity index (χ0n) is 20.3. The highest BCUT2D eigenvalue weighted by molar-refractivity contribution is 8.00. The van der Waals surface area contributed by atoms with Gasteiger partial charge in [0.15, 0.2) is 0 Å². The molecule has 0 aliphatic carbocycles. The van der Waals surface area contributed by atoms with E-state index < -0.39 is 17.5 Å². The Balaban J connectivity index is 1.27. The van der Waals surface area contributed by atoms with Crippen LogP contribution >= 0.6 is 11.8 Å². The second-order valence-electron chi connectivity index (χ2n) is 9.10. The first-order valence-electron chi connectivity index (χ1n) is 11.9. The average Bonchev–Trinajstić information content (AvgIpc) is 2.91. The molecule has 0 radical (unpaired) electrons. The lowest BCUT2D eigenvalue weighted by Crippen LogP contribution is -2.54. The van der Waals surface area contributed by atoms with E-state index in [1.165, 1.54) is 31.1 Å². The van der Waals surface area contributed by atoms with Crippen LogP contribution in [-0.4, -0.2) is 75.6 Å². The molecular weight excluding hydrogens is 523 g/mol. The molecule has 3 aromatic heterocycles. The van der Waals surface area contributed by atoms with Gasteiger partial charge in [-0.25, -0.2) is 4.98 Å². The average molecular weight is 548 g/mol. The smallest absolute Gasteiger partial charge is 0.403 e. The molecule has 2 amide bonds. The van der Waals surface area contributed by atoms with Crippen molar-refractivity contribution >= 4 is 46.0 Å². The number of rotatable bonds is 6. The molecule has 10 nitrogen and oxygen atoms in total. The highest BCUT2D eigenvalue weighted by Gasteiger charge is 2.60. The maximum Gasteiger partial charge on any atom is 0.403 e. The first-order chi connectivity index (χ1) is 18.2. The minimum absolute atomic E-state index is 0.0844. The van der Waals surface area contributed by atoms with Gasteiger partial charge in [0.05, 0.1) is 35.4 Å². The van der Waals surface area contributed by atoms with Gasteiger partial charge in [0.25, 0.3) is 0 Å². The molecule has 1 fully saturated rings. The topological polar surface area (TPSA) is 122 Å². The van der Waals surface area contributed by atoms with Crippen LogP contribution in [0.4, 0.5) is 24.5 Å². The van der Waals surface area contributed by atoms with Gasteiger partial charge in [-0.2, -0.15) is 18.3 Å². The SMILES string of the molecule is COc1ccc2nccc(NC(=O)C3(C(F)(F)F)CCN(CCc4cc5c(nn4)SCC(=O)N5)CC3)c2n1. The number of fused-ring (bicyclic) bond motifs is 2. The van der Waals surface area contributed by atoms with Gasteiger partial charge >= 0.3 is 6.18 Å². The van der Waals surface area contributed by atoms with E-state index in [1.54, 1.807) is 18.2 Å². The molecule has 0 saturated carbocycles. The number of thioether (sulfide) groups is 1. The number of alkyl halides is 3. The number of piperidine rings is 1. The number of halogens is 3. The molecule has 2 aliphatic heterocycles. The Hall–Kier alpha value is -3.52. The van der Waals surface area contributed by atoms with Crippen molar-refractivity contribution in [2.45, 2.75) is 30.5 Å². The first-order valence-corrected chi connectivity index (χ1v) is 12.9. The van der Waals surface area contributed by atoms with Crippen LogP contribution in [0, 0.1) is 5.41 Å². The third-order valence-electron chi connectivity index (χ3n) is 6.81. The summed E-state index contributed by atoms with van der Waals surface area (Å²) >= 11 is 1.31. The van der Waals surface area contributed by atoms with Crippen LogP contribution in [-0.2, 0) is 16.0 Å². The minimum atomic E-state index is -4.74. The Labute approximate surface area is 219 Å². The second-order valence-corrected chi connectivity index (χ2v) is 10.1. The molecule has 200 valence electrons. The molecule has 5 rings (SSSR count). The predicted octanol–water partition coefficient (Wildman–Crippen LogP) is 3.30. The molecule has 3 aromatic rings. The van der Waals surface area contributed by atoms with Gasteiger partial charge in [0, 0.05) is 25.2 Å². The van der Waals surface area contributed by atoms with Crippen molar-refractivity contribution in [2.24, 2.45) is 5.41 Å². The summed E-state index contributed by atoms with van der Waals surface area (Å²) < 4.78 is 48.2. The maximum atomic E-state index is 14.4. The zero-order chi connectivity index (χ0) is 26.9. The third-order valence-corrected chi connectivity index (χ3v) is 7.79. The van der Waals surface area contributed by atoms with Crippen LogP contribution in [0.5, 0.6) is 5.88 Å². The quantitative estimate of drug-likeness (QED) is 0.479. The number of likely N-dealkylation sites (tertiary alicyclic amines) is 1. The van der Waals surface area contributed by atoms with Gasteiger partial charge in [-0.05, 0) is 44.1 Å². The van der Waals surface area contributed by atoms with Gasteiger partial charge in [0.1, 0.15) is 16.0 Å². The molecule has 0 atom stereocenters. The van der Waals surface area contributed by atoms with E-state index >= 15 is 0 Å². The number of carbonyl (C=O) groups is 2. The number of pyridine rings is 2.